The number of ether oxygens (including phenoxy) is 4. The molecule has 1 aromatic heterocycles. The van der Waals surface area contributed by atoms with Crippen LogP contribution in [0.1, 0.15) is 129 Å². The number of ketones is 1. The molecule has 3 unspecified atom stereocenters. The number of rotatable bonds is 24. The lowest BCUT2D eigenvalue weighted by atomic mass is 10.1. The molecular formula is C49H53Cl2N5O11. The molecule has 5 aromatic rings. The van der Waals surface area contributed by atoms with Gasteiger partial charge in [0, 0.05) is 0 Å². The van der Waals surface area contributed by atoms with Gasteiger partial charge in [-0.15, -0.1) is 5.10 Å². The number of esters is 4. The molecule has 354 valence electrons. The number of Topliss-reactive ketones (excluding diaryl/α,β-unsaturated/α-hetero) is 1. The van der Waals surface area contributed by atoms with Gasteiger partial charge in [0.15, 0.2) is 18.0 Å². The van der Waals surface area contributed by atoms with Crippen LogP contribution in [0.3, 0.4) is 0 Å². The highest BCUT2D eigenvalue weighted by atomic mass is 35.5. The largest absolute Gasteiger partial charge is 0.463 e. The molecule has 0 radical (unpaired) electrons. The Morgan fingerprint density at radius 2 is 1.13 bits per heavy atom. The maximum absolute atomic E-state index is 14.3. The Hall–Kier alpha value is -6.65. The van der Waals surface area contributed by atoms with Crippen molar-refractivity contribution in [1.29, 1.82) is 0 Å². The van der Waals surface area contributed by atoms with E-state index in [9.17, 15) is 33.6 Å². The first-order chi connectivity index (χ1) is 32.2. The van der Waals surface area contributed by atoms with Gasteiger partial charge in [-0.05, 0) is 93.9 Å². The van der Waals surface area contributed by atoms with Crippen molar-refractivity contribution in [3.8, 4) is 5.75 Å². The molecule has 2 N–H and O–H groups in total. The van der Waals surface area contributed by atoms with Gasteiger partial charge in [-0.1, -0.05) is 111 Å². The molecule has 0 saturated carbocycles. The molecule has 0 fully saturated rings. The summed E-state index contributed by atoms with van der Waals surface area (Å²) in [4.78, 5) is 92.2. The van der Waals surface area contributed by atoms with Crippen LogP contribution in [0.15, 0.2) is 84.9 Å². The number of anilines is 2. The van der Waals surface area contributed by atoms with Gasteiger partial charge < -0.3 is 29.6 Å². The third-order valence-electron chi connectivity index (χ3n) is 10.5. The zero-order chi connectivity index (χ0) is 48.5. The van der Waals surface area contributed by atoms with Gasteiger partial charge in [-0.2, -0.15) is 0 Å². The van der Waals surface area contributed by atoms with Crippen LogP contribution in [0.2, 0.25) is 10.0 Å². The standard InChI is InChI=1S/C49H53Cl2N5O11/c1-5-6-7-8-9-10-11-12-13-17-26-64-46(60)32(4)66-48(62)34-21-24-38(51)40(28-34)53-45(59)43(44(58)52-39-27-33(20-23-37(39)50)47(61)65-31(3)30(2)57)56-42-25-22-35(29-41(42)54-55-56)49(63)67-36-18-15-14-16-19-36/h14-16,18-25,27-29,31-32,43H,5-13,17,26H2,1-4H3,(H,52,58)(H,53,59). The number of hydrogen-bond acceptors (Lipinski definition) is 13. The predicted molar refractivity (Wildman–Crippen MR) is 251 cm³/mol. The fourth-order valence-corrected chi connectivity index (χ4v) is 6.95. The fraction of sp³-hybridized carbons (Fsp3) is 0.367. The van der Waals surface area contributed by atoms with Crippen molar-refractivity contribution in [3.05, 3.63) is 112 Å². The average molecular weight is 959 g/mol. The van der Waals surface area contributed by atoms with Gasteiger partial charge in [0.1, 0.15) is 11.3 Å². The number of hydrogen-bond donors (Lipinski definition) is 2. The molecule has 2 amide bonds. The van der Waals surface area contributed by atoms with Gasteiger partial charge in [0.2, 0.25) is 6.04 Å². The normalized spacial score (nSPS) is 12.3. The molecule has 4 aromatic carbocycles. The number of benzene rings is 4. The molecule has 67 heavy (non-hydrogen) atoms. The predicted octanol–water partition coefficient (Wildman–Crippen LogP) is 9.92. The minimum Gasteiger partial charge on any atom is -0.463 e. The van der Waals surface area contributed by atoms with Crippen molar-refractivity contribution in [2.24, 2.45) is 0 Å². The second-order valence-corrected chi connectivity index (χ2v) is 16.6. The number of carbonyl (C=O) groups excluding carboxylic acids is 7. The SMILES string of the molecule is CCCCCCCCCCCCOC(=O)C(C)OC(=O)c1ccc(Cl)c(NC(=O)C(C(=O)Nc2cc(C(=O)OC(C)C(C)=O)ccc2Cl)n2nnc3cc(C(=O)Oc4ccccc4)ccc32)c1. The summed E-state index contributed by atoms with van der Waals surface area (Å²) in [5.74, 6) is -5.36. The maximum atomic E-state index is 14.3. The summed E-state index contributed by atoms with van der Waals surface area (Å²) in [6.45, 7) is 6.44. The van der Waals surface area contributed by atoms with E-state index in [1.54, 1.807) is 30.3 Å². The van der Waals surface area contributed by atoms with E-state index in [4.69, 9.17) is 42.1 Å². The first-order valence-corrected chi connectivity index (χ1v) is 22.8. The summed E-state index contributed by atoms with van der Waals surface area (Å²) >= 11 is 12.9. The van der Waals surface area contributed by atoms with Crippen LogP contribution in [0.4, 0.5) is 11.4 Å². The first kappa shape index (κ1) is 51.3. The van der Waals surface area contributed by atoms with Crippen molar-refractivity contribution in [1.82, 2.24) is 15.0 Å². The monoisotopic (exact) mass is 957 g/mol. The van der Waals surface area contributed by atoms with Crippen LogP contribution < -0.4 is 15.4 Å². The zero-order valence-corrected chi connectivity index (χ0v) is 39.2. The van der Waals surface area contributed by atoms with Crippen molar-refractivity contribution < 1.29 is 52.5 Å². The topological polar surface area (TPSA) is 211 Å². The minimum absolute atomic E-state index is 0.0279. The lowest BCUT2D eigenvalue weighted by Gasteiger charge is -2.19. The fourth-order valence-electron chi connectivity index (χ4n) is 6.62. The minimum atomic E-state index is -1.89. The first-order valence-electron chi connectivity index (χ1n) is 22.1. The molecule has 0 aliphatic rings. The van der Waals surface area contributed by atoms with Crippen molar-refractivity contribution in [3.63, 3.8) is 0 Å². The molecule has 3 atom stereocenters. The number of unbranched alkanes of at least 4 members (excludes halogenated alkanes) is 9. The van der Waals surface area contributed by atoms with E-state index in [1.807, 2.05) is 0 Å². The number of para-hydroxylation sites is 1. The zero-order valence-electron chi connectivity index (χ0n) is 37.7. The molecule has 0 saturated heterocycles. The Morgan fingerprint density at radius 1 is 0.627 bits per heavy atom. The molecule has 1 heterocycles. The van der Waals surface area contributed by atoms with E-state index in [0.717, 1.165) is 23.9 Å². The Morgan fingerprint density at radius 3 is 1.69 bits per heavy atom. The summed E-state index contributed by atoms with van der Waals surface area (Å²) in [5, 5.41) is 13.3. The van der Waals surface area contributed by atoms with Crippen LogP contribution in [-0.4, -0.2) is 75.3 Å². The highest BCUT2D eigenvalue weighted by Gasteiger charge is 2.33. The quantitative estimate of drug-likeness (QED) is 0.0194. The van der Waals surface area contributed by atoms with E-state index < -0.39 is 59.7 Å². The van der Waals surface area contributed by atoms with E-state index in [0.29, 0.717) is 12.2 Å². The highest BCUT2D eigenvalue weighted by molar-refractivity contribution is 6.35. The Bertz CT molecular complexity index is 2570. The molecule has 0 aliphatic heterocycles. The van der Waals surface area contributed by atoms with Gasteiger partial charge >= 0.3 is 23.9 Å². The molecule has 0 aliphatic carbocycles. The Kier molecular flexibility index (Phi) is 19.4. The molecule has 0 bridgehead atoms. The van der Waals surface area contributed by atoms with Crippen molar-refractivity contribution in [2.45, 2.75) is 110 Å². The summed E-state index contributed by atoms with van der Waals surface area (Å²) in [7, 11) is 0. The molecule has 16 nitrogen and oxygen atoms in total. The Balaban J connectivity index is 1.32. The van der Waals surface area contributed by atoms with Crippen LogP contribution in [0, 0.1) is 0 Å². The molecule has 18 heteroatoms. The average Bonchev–Trinajstić information content (AvgIpc) is 3.72. The van der Waals surface area contributed by atoms with Crippen molar-refractivity contribution >= 4 is 87.1 Å². The maximum Gasteiger partial charge on any atom is 0.347 e. The number of amides is 2. The lowest BCUT2D eigenvalue weighted by molar-refractivity contribution is -0.153. The Labute approximate surface area is 397 Å². The summed E-state index contributed by atoms with van der Waals surface area (Å²) in [5.41, 5.74) is -0.0556. The van der Waals surface area contributed by atoms with E-state index in [2.05, 4.69) is 27.9 Å². The molecular weight excluding hydrogens is 905 g/mol. The highest BCUT2D eigenvalue weighted by Crippen LogP contribution is 2.29. The van der Waals surface area contributed by atoms with E-state index in [-0.39, 0.29) is 55.8 Å². The van der Waals surface area contributed by atoms with E-state index in [1.165, 1.54) is 114 Å². The van der Waals surface area contributed by atoms with Gasteiger partial charge in [0.05, 0.1) is 50.2 Å². The third kappa shape index (κ3) is 14.9. The van der Waals surface area contributed by atoms with Gasteiger partial charge in [-0.3, -0.25) is 14.4 Å². The second kappa shape index (κ2) is 25.3. The number of aromatic nitrogens is 3. The van der Waals surface area contributed by atoms with Crippen LogP contribution in [0.25, 0.3) is 11.0 Å². The molecule has 0 spiro atoms. The van der Waals surface area contributed by atoms with Gasteiger partial charge in [-0.25, -0.2) is 23.9 Å². The van der Waals surface area contributed by atoms with Crippen LogP contribution in [-0.2, 0) is 33.4 Å². The number of halogens is 2. The number of nitrogens with one attached hydrogen (secondary N) is 2. The number of fused-ring (bicyclic) bond motifs is 1. The summed E-state index contributed by atoms with van der Waals surface area (Å²) in [6.07, 6.45) is 8.93. The van der Waals surface area contributed by atoms with Crippen LogP contribution >= 0.6 is 23.2 Å². The second-order valence-electron chi connectivity index (χ2n) is 15.8. The van der Waals surface area contributed by atoms with Gasteiger partial charge in [0.25, 0.3) is 11.8 Å². The molecule has 5 rings (SSSR count). The smallest absolute Gasteiger partial charge is 0.347 e. The number of carbonyl (C=O) groups is 7. The summed E-state index contributed by atoms with van der Waals surface area (Å²) in [6, 6.07) is 18.3. The van der Waals surface area contributed by atoms with Crippen molar-refractivity contribution in [2.75, 3.05) is 17.2 Å². The number of nitrogens with zero attached hydrogens (tertiary/aromatic N) is 3. The summed E-state index contributed by atoms with van der Waals surface area (Å²) < 4.78 is 22.4. The van der Waals surface area contributed by atoms with Crippen LogP contribution in [0.5, 0.6) is 5.75 Å². The van der Waals surface area contributed by atoms with E-state index >= 15 is 0 Å². The lowest BCUT2D eigenvalue weighted by Crippen LogP contribution is -2.37. The third-order valence-corrected chi connectivity index (χ3v) is 11.2.